The molecule has 0 aliphatic carbocycles. The van der Waals surface area contributed by atoms with Gasteiger partial charge in [0, 0.05) is 31.6 Å². The van der Waals surface area contributed by atoms with Crippen molar-refractivity contribution in [2.75, 3.05) is 36.4 Å². The van der Waals surface area contributed by atoms with Crippen LogP contribution in [0.1, 0.15) is 21.7 Å². The van der Waals surface area contributed by atoms with E-state index in [2.05, 4.69) is 40.8 Å². The van der Waals surface area contributed by atoms with E-state index in [1.807, 2.05) is 26.1 Å². The van der Waals surface area contributed by atoms with Crippen LogP contribution in [-0.4, -0.2) is 61.9 Å². The molecule has 1 fully saturated rings. The quantitative estimate of drug-likeness (QED) is 0.527. The van der Waals surface area contributed by atoms with Crippen LogP contribution in [0.4, 0.5) is 11.5 Å². The molecule has 1 aliphatic heterocycles. The lowest BCUT2D eigenvalue weighted by molar-refractivity contribution is 0.102. The highest BCUT2D eigenvalue weighted by atomic mass is 16.2. The summed E-state index contributed by atoms with van der Waals surface area (Å²) in [6.45, 7) is 7.39. The molecule has 2 N–H and O–H groups in total. The van der Waals surface area contributed by atoms with Crippen LogP contribution < -0.4 is 15.5 Å². The second-order valence-electron chi connectivity index (χ2n) is 7.34. The van der Waals surface area contributed by atoms with Crippen molar-refractivity contribution >= 4 is 34.0 Å². The van der Waals surface area contributed by atoms with Gasteiger partial charge in [-0.05, 0) is 31.5 Å². The van der Waals surface area contributed by atoms with Crippen molar-refractivity contribution in [2.24, 2.45) is 0 Å². The number of aryl methyl sites for hydroxylation is 2. The Balaban J connectivity index is 1.51. The standard InChI is InChI=1S/C20H21N9O/c1-12-9-16(27-29-11-13(2)24-19(12)29)25-20(30)18-17-14(3-4-23-26-17)15(10-22-18)28-7-5-21-6-8-28/h3-4,9-11,21H,5-8H2,1-2H3,(H,25,27,30). The van der Waals surface area contributed by atoms with Gasteiger partial charge in [0.1, 0.15) is 5.52 Å². The lowest BCUT2D eigenvalue weighted by atomic mass is 10.1. The molecule has 152 valence electrons. The maximum absolute atomic E-state index is 13.0. The number of fused-ring (bicyclic) bond motifs is 2. The van der Waals surface area contributed by atoms with Crippen molar-refractivity contribution in [2.45, 2.75) is 13.8 Å². The van der Waals surface area contributed by atoms with E-state index < -0.39 is 0 Å². The molecule has 0 aromatic carbocycles. The van der Waals surface area contributed by atoms with Gasteiger partial charge in [-0.3, -0.25) is 4.79 Å². The van der Waals surface area contributed by atoms with Gasteiger partial charge in [-0.15, -0.1) is 10.2 Å². The van der Waals surface area contributed by atoms with E-state index in [0.717, 1.165) is 54.2 Å². The number of anilines is 2. The van der Waals surface area contributed by atoms with E-state index in [-0.39, 0.29) is 11.6 Å². The Labute approximate surface area is 172 Å². The highest BCUT2D eigenvalue weighted by Gasteiger charge is 2.20. The number of carbonyl (C=O) groups is 1. The highest BCUT2D eigenvalue weighted by Crippen LogP contribution is 2.27. The number of imidazole rings is 1. The summed E-state index contributed by atoms with van der Waals surface area (Å²) in [7, 11) is 0. The average molecular weight is 403 g/mol. The second kappa shape index (κ2) is 7.30. The van der Waals surface area contributed by atoms with Crippen molar-refractivity contribution in [1.82, 2.24) is 35.1 Å². The smallest absolute Gasteiger partial charge is 0.277 e. The molecule has 0 atom stereocenters. The molecule has 0 saturated carbocycles. The van der Waals surface area contributed by atoms with Crippen LogP contribution in [-0.2, 0) is 0 Å². The number of hydrogen-bond donors (Lipinski definition) is 2. The fraction of sp³-hybridized carbons (Fsp3) is 0.300. The number of piperazine rings is 1. The zero-order valence-electron chi connectivity index (χ0n) is 16.8. The largest absolute Gasteiger partial charge is 0.367 e. The maximum atomic E-state index is 13.0. The van der Waals surface area contributed by atoms with Crippen LogP contribution >= 0.6 is 0 Å². The predicted octanol–water partition coefficient (Wildman–Crippen LogP) is 1.35. The molecule has 4 aromatic rings. The number of nitrogens with one attached hydrogen (secondary N) is 2. The third-order valence-electron chi connectivity index (χ3n) is 5.18. The minimum atomic E-state index is -0.379. The molecule has 4 aromatic heterocycles. The predicted molar refractivity (Wildman–Crippen MR) is 113 cm³/mol. The van der Waals surface area contributed by atoms with Gasteiger partial charge in [-0.1, -0.05) is 0 Å². The van der Waals surface area contributed by atoms with Gasteiger partial charge in [0.15, 0.2) is 17.2 Å². The van der Waals surface area contributed by atoms with E-state index in [4.69, 9.17) is 0 Å². The molecule has 10 heteroatoms. The molecule has 0 unspecified atom stereocenters. The summed E-state index contributed by atoms with van der Waals surface area (Å²) < 4.78 is 1.67. The van der Waals surface area contributed by atoms with Gasteiger partial charge in [0.25, 0.3) is 5.91 Å². The maximum Gasteiger partial charge on any atom is 0.277 e. The van der Waals surface area contributed by atoms with Crippen LogP contribution in [0.25, 0.3) is 16.6 Å². The van der Waals surface area contributed by atoms with Crippen LogP contribution in [0, 0.1) is 13.8 Å². The number of pyridine rings is 1. The number of aromatic nitrogens is 6. The first-order valence-electron chi connectivity index (χ1n) is 9.81. The van der Waals surface area contributed by atoms with E-state index in [1.165, 1.54) is 0 Å². The Hall–Kier alpha value is -3.66. The van der Waals surface area contributed by atoms with Gasteiger partial charge < -0.3 is 15.5 Å². The summed E-state index contributed by atoms with van der Waals surface area (Å²) in [5.41, 5.74) is 4.20. The second-order valence-corrected chi connectivity index (χ2v) is 7.34. The van der Waals surface area contributed by atoms with Crippen molar-refractivity contribution < 1.29 is 4.79 Å². The van der Waals surface area contributed by atoms with Gasteiger partial charge in [-0.2, -0.15) is 5.10 Å². The Morgan fingerprint density at radius 1 is 1.23 bits per heavy atom. The molecular weight excluding hydrogens is 382 g/mol. The molecule has 10 nitrogen and oxygen atoms in total. The summed E-state index contributed by atoms with van der Waals surface area (Å²) in [5.74, 6) is 0.0443. The Bertz CT molecular complexity index is 1260. The van der Waals surface area contributed by atoms with Crippen molar-refractivity contribution in [3.8, 4) is 0 Å². The first kappa shape index (κ1) is 18.4. The average Bonchev–Trinajstić information content (AvgIpc) is 3.14. The van der Waals surface area contributed by atoms with E-state index in [9.17, 15) is 4.79 Å². The van der Waals surface area contributed by atoms with Gasteiger partial charge in [0.2, 0.25) is 0 Å². The van der Waals surface area contributed by atoms with Crippen LogP contribution in [0.2, 0.25) is 0 Å². The summed E-state index contributed by atoms with van der Waals surface area (Å²) in [4.78, 5) is 24.2. The minimum absolute atomic E-state index is 0.221. The molecule has 5 rings (SSSR count). The minimum Gasteiger partial charge on any atom is -0.367 e. The molecule has 1 amide bonds. The summed E-state index contributed by atoms with van der Waals surface area (Å²) in [5, 5.41) is 19.7. The van der Waals surface area contributed by atoms with Gasteiger partial charge >= 0.3 is 0 Å². The summed E-state index contributed by atoms with van der Waals surface area (Å²) in [6, 6.07) is 3.67. The lowest BCUT2D eigenvalue weighted by Gasteiger charge is -2.30. The van der Waals surface area contributed by atoms with E-state index in [1.54, 1.807) is 23.0 Å². The normalized spacial score (nSPS) is 14.4. The van der Waals surface area contributed by atoms with Crippen LogP contribution in [0.3, 0.4) is 0 Å². The number of amides is 1. The zero-order chi connectivity index (χ0) is 20.7. The topological polar surface area (TPSA) is 113 Å². The molecular formula is C20H21N9O. The SMILES string of the molecule is Cc1cn2nc(NC(=O)c3ncc(N4CCNCC4)c4ccnnc34)cc(C)c2n1. The molecule has 1 saturated heterocycles. The first-order chi connectivity index (χ1) is 14.6. The fourth-order valence-electron chi connectivity index (χ4n) is 3.78. The van der Waals surface area contributed by atoms with Crippen LogP contribution in [0.15, 0.2) is 30.7 Å². The third kappa shape index (κ3) is 3.20. The van der Waals surface area contributed by atoms with E-state index >= 15 is 0 Å². The summed E-state index contributed by atoms with van der Waals surface area (Å²) in [6.07, 6.45) is 5.20. The molecule has 0 bridgehead atoms. The zero-order valence-corrected chi connectivity index (χ0v) is 16.8. The number of rotatable bonds is 3. The number of hydrogen-bond acceptors (Lipinski definition) is 8. The Kier molecular flexibility index (Phi) is 4.47. The first-order valence-corrected chi connectivity index (χ1v) is 9.81. The fourth-order valence-corrected chi connectivity index (χ4v) is 3.78. The number of nitrogens with zero attached hydrogens (tertiary/aromatic N) is 7. The highest BCUT2D eigenvalue weighted by molar-refractivity contribution is 6.11. The van der Waals surface area contributed by atoms with Gasteiger partial charge in [-0.25, -0.2) is 14.5 Å². The van der Waals surface area contributed by atoms with Crippen molar-refractivity contribution in [1.29, 1.82) is 0 Å². The Morgan fingerprint density at radius 3 is 2.90 bits per heavy atom. The van der Waals surface area contributed by atoms with Crippen molar-refractivity contribution in [3.05, 3.63) is 47.7 Å². The lowest BCUT2D eigenvalue weighted by Crippen LogP contribution is -2.43. The van der Waals surface area contributed by atoms with Crippen LogP contribution in [0.5, 0.6) is 0 Å². The number of carbonyl (C=O) groups excluding carboxylic acids is 1. The molecule has 1 aliphatic rings. The monoisotopic (exact) mass is 403 g/mol. The third-order valence-corrected chi connectivity index (χ3v) is 5.18. The van der Waals surface area contributed by atoms with E-state index in [0.29, 0.717) is 11.3 Å². The molecule has 0 spiro atoms. The molecule has 0 radical (unpaired) electrons. The summed E-state index contributed by atoms with van der Waals surface area (Å²) >= 11 is 0. The van der Waals surface area contributed by atoms with Crippen molar-refractivity contribution in [3.63, 3.8) is 0 Å². The van der Waals surface area contributed by atoms with Gasteiger partial charge in [0.05, 0.1) is 30.0 Å². The molecule has 5 heterocycles. The molecule has 30 heavy (non-hydrogen) atoms. The Morgan fingerprint density at radius 2 is 2.07 bits per heavy atom.